The average Bonchev–Trinajstić information content (AvgIpc) is 3.49. The average molecular weight is 935 g/mol. The van der Waals surface area contributed by atoms with Crippen molar-refractivity contribution < 1.29 is 95.2 Å². The van der Waals surface area contributed by atoms with E-state index >= 15 is 0 Å². The van der Waals surface area contributed by atoms with Gasteiger partial charge in [-0.1, -0.05) is 48.5 Å². The zero-order valence-corrected chi connectivity index (χ0v) is 32.3. The zero-order chi connectivity index (χ0) is 48.0. The van der Waals surface area contributed by atoms with Crippen molar-refractivity contribution in [2.24, 2.45) is 0 Å². The van der Waals surface area contributed by atoms with Gasteiger partial charge in [0.05, 0.1) is 22.3 Å². The Hall–Kier alpha value is -6.00. The first-order valence-electron chi connectivity index (χ1n) is 18.4. The van der Waals surface area contributed by atoms with Crippen LogP contribution in [0.2, 0.25) is 0 Å². The molecule has 0 radical (unpaired) electrons. The summed E-state index contributed by atoms with van der Waals surface area (Å²) in [5, 5.41) is 19.1. The number of unbranched alkanes of at least 4 members (excludes halogenated alkanes) is 1. The molecule has 1 aliphatic rings. The van der Waals surface area contributed by atoms with Crippen LogP contribution in [0, 0.1) is 0 Å². The first-order chi connectivity index (χ1) is 29.4. The lowest BCUT2D eigenvalue weighted by Crippen LogP contribution is -2.41. The summed E-state index contributed by atoms with van der Waals surface area (Å²) >= 11 is 0. The van der Waals surface area contributed by atoms with Gasteiger partial charge in [0, 0.05) is 19.0 Å². The molecule has 0 heterocycles. The second-order valence-corrected chi connectivity index (χ2v) is 14.2. The molecule has 1 amide bonds. The quantitative estimate of drug-likeness (QED) is 0.0903. The molecule has 0 unspecified atom stereocenters. The van der Waals surface area contributed by atoms with E-state index in [2.05, 4.69) is 5.32 Å². The molecule has 0 saturated carbocycles. The second kappa shape index (κ2) is 19.8. The molecule has 0 fully saturated rings. The van der Waals surface area contributed by atoms with Crippen LogP contribution in [0.5, 0.6) is 0 Å². The summed E-state index contributed by atoms with van der Waals surface area (Å²) in [6, 6.07) is 14.6. The molecule has 0 aliphatic heterocycles. The number of amides is 1. The number of rotatable bonds is 13. The maximum absolute atomic E-state index is 13.6. The van der Waals surface area contributed by atoms with Gasteiger partial charge in [0.1, 0.15) is 12.6 Å². The van der Waals surface area contributed by atoms with Crippen molar-refractivity contribution in [3.63, 3.8) is 0 Å². The van der Waals surface area contributed by atoms with Gasteiger partial charge in [-0.3, -0.25) is 4.90 Å². The minimum Gasteiger partial charge on any atom is -0.480 e. The van der Waals surface area contributed by atoms with E-state index in [1.807, 2.05) is 48.5 Å². The van der Waals surface area contributed by atoms with Crippen LogP contribution in [0.25, 0.3) is 11.1 Å². The van der Waals surface area contributed by atoms with Crippen molar-refractivity contribution >= 4 is 18.0 Å². The van der Waals surface area contributed by atoms with Gasteiger partial charge in [-0.05, 0) is 95.6 Å². The van der Waals surface area contributed by atoms with Gasteiger partial charge in [0.25, 0.3) is 0 Å². The number of hydrogen-bond donors (Lipinski definition) is 3. The molecule has 23 heteroatoms. The van der Waals surface area contributed by atoms with Crippen molar-refractivity contribution in [1.29, 1.82) is 0 Å². The van der Waals surface area contributed by atoms with Crippen molar-refractivity contribution in [2.45, 2.75) is 75.2 Å². The van der Waals surface area contributed by atoms with E-state index in [1.54, 1.807) is 0 Å². The van der Waals surface area contributed by atoms with Crippen molar-refractivity contribution in [1.82, 2.24) is 10.2 Å². The molecule has 0 spiro atoms. The number of aliphatic carboxylic acids is 2. The molecule has 4 aromatic rings. The van der Waals surface area contributed by atoms with E-state index in [0.29, 0.717) is 24.3 Å². The maximum Gasteiger partial charge on any atom is 0.490 e. The third kappa shape index (κ3) is 14.0. The number of benzene rings is 4. The number of nitrogens with one attached hydrogen (secondary N) is 1. The number of carbonyl (C=O) groups is 3. The Kier molecular flexibility index (Phi) is 15.7. The van der Waals surface area contributed by atoms with Gasteiger partial charge < -0.3 is 20.3 Å². The molecule has 64 heavy (non-hydrogen) atoms. The molecule has 5 rings (SSSR count). The number of carboxylic acid groups (broad SMARTS) is 2. The summed E-state index contributed by atoms with van der Waals surface area (Å²) in [6.07, 6.45) is -27.6. The van der Waals surface area contributed by atoms with Gasteiger partial charge in [-0.25, -0.2) is 14.4 Å². The SMILES string of the molecule is O=C(N[C@@H](CCCCN(Cc1cc(C(F)(F)F)cc(C(F)(F)F)c1)Cc1cc(C(F)(F)F)cc(C(F)(F)F)c1)C(=O)O)OCC1c2ccccc2-c2ccccc21.O=C(O)C(F)(F)F. The summed E-state index contributed by atoms with van der Waals surface area (Å²) in [5.74, 6) is -4.58. The van der Waals surface area contributed by atoms with E-state index in [-0.39, 0.29) is 50.5 Å². The van der Waals surface area contributed by atoms with Crippen LogP contribution in [0.15, 0.2) is 84.9 Å². The summed E-state index contributed by atoms with van der Waals surface area (Å²) in [5.41, 5.74) is -4.26. The van der Waals surface area contributed by atoms with Crippen LogP contribution in [-0.4, -0.2) is 58.5 Å². The number of alkyl halides is 15. The van der Waals surface area contributed by atoms with Crippen LogP contribution >= 0.6 is 0 Å². The molecule has 4 aromatic carbocycles. The van der Waals surface area contributed by atoms with Gasteiger partial charge in [0.15, 0.2) is 0 Å². The lowest BCUT2D eigenvalue weighted by Gasteiger charge is -2.25. The van der Waals surface area contributed by atoms with Gasteiger partial charge in [-0.2, -0.15) is 65.9 Å². The van der Waals surface area contributed by atoms with Crippen LogP contribution in [0.3, 0.4) is 0 Å². The van der Waals surface area contributed by atoms with E-state index < -0.39 is 101 Å². The van der Waals surface area contributed by atoms with Gasteiger partial charge in [0.2, 0.25) is 0 Å². The molecule has 348 valence electrons. The van der Waals surface area contributed by atoms with Crippen LogP contribution in [0.1, 0.15) is 69.7 Å². The number of ether oxygens (including phenoxy) is 1. The molecule has 8 nitrogen and oxygen atoms in total. The van der Waals surface area contributed by atoms with E-state index in [1.165, 1.54) is 0 Å². The minimum atomic E-state index is -5.24. The second-order valence-electron chi connectivity index (χ2n) is 14.2. The molecule has 1 aliphatic carbocycles. The fraction of sp³-hybridized carbons (Fsp3) is 0.341. The van der Waals surface area contributed by atoms with E-state index in [9.17, 15) is 80.6 Å². The van der Waals surface area contributed by atoms with Crippen molar-refractivity contribution in [2.75, 3.05) is 13.2 Å². The number of nitrogens with zero attached hydrogens (tertiary/aromatic N) is 1. The predicted molar refractivity (Wildman–Crippen MR) is 194 cm³/mol. The fourth-order valence-corrected chi connectivity index (χ4v) is 6.68. The molecule has 1 atom stereocenters. The van der Waals surface area contributed by atoms with E-state index in [4.69, 9.17) is 14.6 Å². The largest absolute Gasteiger partial charge is 0.490 e. The molecule has 0 aromatic heterocycles. The zero-order valence-electron chi connectivity index (χ0n) is 32.3. The summed E-state index contributed by atoms with van der Waals surface area (Å²) in [6.45, 7) is -2.05. The van der Waals surface area contributed by atoms with Crippen molar-refractivity contribution in [3.8, 4) is 11.1 Å². The summed E-state index contributed by atoms with van der Waals surface area (Å²) in [7, 11) is 0. The summed E-state index contributed by atoms with van der Waals surface area (Å²) < 4.78 is 200. The monoisotopic (exact) mass is 934 g/mol. The Morgan fingerprint density at radius 2 is 0.969 bits per heavy atom. The highest BCUT2D eigenvalue weighted by atomic mass is 19.4. The lowest BCUT2D eigenvalue weighted by atomic mass is 9.98. The van der Waals surface area contributed by atoms with Crippen LogP contribution in [-0.2, 0) is 52.1 Å². The standard InChI is InChI=1S/C39H32F12N2O4.C2HF3O2/c40-36(41,42)24-13-22(14-25(17-24)37(43,44)45)19-53(20-23-15-26(38(46,47)48)18-27(16-23)39(49,50)51)12-6-5-11-33(34(54)55)52-35(56)57-21-32-30-9-3-1-7-28(30)29-8-2-4-10-31(29)32;3-2(4,5)1(6)7/h1-4,7-10,13-18,32-33H,5-6,11-12,19-21H2,(H,52,56)(H,54,55);(H,6,7)/t33-;/m0./s1. The topological polar surface area (TPSA) is 116 Å². The molecule has 0 saturated heterocycles. The molecular weight excluding hydrogens is 901 g/mol. The van der Waals surface area contributed by atoms with Gasteiger partial charge in [-0.15, -0.1) is 0 Å². The van der Waals surface area contributed by atoms with Crippen LogP contribution < -0.4 is 5.32 Å². The third-order valence-electron chi connectivity index (χ3n) is 9.50. The number of carboxylic acids is 2. The highest BCUT2D eigenvalue weighted by Gasteiger charge is 2.40. The first-order valence-corrected chi connectivity index (χ1v) is 18.4. The lowest BCUT2D eigenvalue weighted by molar-refractivity contribution is -0.192. The Balaban J connectivity index is 0.00000118. The Morgan fingerprint density at radius 3 is 1.31 bits per heavy atom. The van der Waals surface area contributed by atoms with E-state index in [0.717, 1.165) is 27.2 Å². The first kappa shape index (κ1) is 50.6. The highest BCUT2D eigenvalue weighted by Crippen LogP contribution is 2.45. The highest BCUT2D eigenvalue weighted by molar-refractivity contribution is 5.81. The number of hydrogen-bond acceptors (Lipinski definition) is 5. The minimum absolute atomic E-state index is 0.0795. The Morgan fingerprint density at radius 1 is 0.594 bits per heavy atom. The van der Waals surface area contributed by atoms with Gasteiger partial charge >= 0.3 is 48.9 Å². The third-order valence-corrected chi connectivity index (χ3v) is 9.50. The van der Waals surface area contributed by atoms with Crippen molar-refractivity contribution in [3.05, 3.63) is 129 Å². The predicted octanol–water partition coefficient (Wildman–Crippen LogP) is 11.6. The maximum atomic E-state index is 13.6. The number of fused-ring (bicyclic) bond motifs is 3. The normalized spacial score (nSPS) is 13.7. The number of alkyl carbamates (subject to hydrolysis) is 1. The molecular formula is C41H33F15N2O6. The smallest absolute Gasteiger partial charge is 0.480 e. The molecule has 3 N–H and O–H groups in total. The Bertz CT molecular complexity index is 2100. The summed E-state index contributed by atoms with van der Waals surface area (Å²) in [4.78, 5) is 34.7. The fourth-order valence-electron chi connectivity index (χ4n) is 6.68. The van der Waals surface area contributed by atoms with Crippen LogP contribution in [0.4, 0.5) is 70.7 Å². The number of carbonyl (C=O) groups excluding carboxylic acids is 1. The Labute approximate surface area is 352 Å². The molecule has 0 bridgehead atoms. The number of halogens is 15.